The third-order valence-electron chi connectivity index (χ3n) is 1.61. The third-order valence-corrected chi connectivity index (χ3v) is 1.61. The van der Waals surface area contributed by atoms with Crippen LogP contribution in [0.2, 0.25) is 0 Å². The monoisotopic (exact) mass is 168 g/mol. The summed E-state index contributed by atoms with van der Waals surface area (Å²) in [5, 5.41) is 9.86. The van der Waals surface area contributed by atoms with Crippen LogP contribution in [0.25, 0.3) is 11.0 Å². The van der Waals surface area contributed by atoms with Crippen molar-refractivity contribution in [1.29, 1.82) is 0 Å². The Bertz CT molecular complexity index is 470. The molecule has 0 aliphatic rings. The zero-order chi connectivity index (χ0) is 8.55. The van der Waals surface area contributed by atoms with Crippen molar-refractivity contribution in [2.24, 2.45) is 0 Å². The molecule has 2 rings (SSSR count). The molecule has 1 aromatic heterocycles. The van der Waals surface area contributed by atoms with E-state index in [0.29, 0.717) is 5.58 Å². The molecule has 0 bridgehead atoms. The fourth-order valence-corrected chi connectivity index (χ4v) is 1.05. The van der Waals surface area contributed by atoms with Crippen LogP contribution in [0.4, 0.5) is 0 Å². The van der Waals surface area contributed by atoms with E-state index >= 15 is 0 Å². The highest BCUT2D eigenvalue weighted by molar-refractivity contribution is 5.77. The van der Waals surface area contributed by atoms with Crippen LogP contribution in [0, 0.1) is 0 Å². The summed E-state index contributed by atoms with van der Waals surface area (Å²) in [4.78, 5) is 10.7. The van der Waals surface area contributed by atoms with Gasteiger partial charge in [-0.2, -0.15) is 0 Å². The van der Waals surface area contributed by atoms with Gasteiger partial charge in [0.15, 0.2) is 0 Å². The first-order valence-corrected chi connectivity index (χ1v) is 3.48. The fourth-order valence-electron chi connectivity index (χ4n) is 1.05. The molecule has 0 radical (unpaired) electrons. The number of hydrogen-bond acceptors (Lipinski definition) is 3. The van der Waals surface area contributed by atoms with Gasteiger partial charge in [0.25, 0.3) is 0 Å². The van der Waals surface area contributed by atoms with Gasteiger partial charge >= 0.3 is 5.63 Å². The Morgan fingerprint density at radius 2 is 1.92 bits per heavy atom. The maximum atomic E-state index is 10.7. The molecule has 1 N–H and O–H groups in total. The van der Waals surface area contributed by atoms with Gasteiger partial charge in [-0.25, -0.2) is 4.79 Å². The number of aromatic hydroxyl groups is 1. The minimum absolute atomic E-state index is 0.0943. The molecule has 0 aliphatic carbocycles. The molecule has 1 heterocycles. The molecule has 0 saturated carbocycles. The predicted molar refractivity (Wildman–Crippen MR) is 44.1 cm³/mol. The molecular formula is C9H6O3. The summed E-state index contributed by atoms with van der Waals surface area (Å²) in [6.07, 6.45) is 0. The lowest BCUT2D eigenvalue weighted by molar-refractivity contribution is 0.473. The third kappa shape index (κ3) is 1.05. The van der Waals surface area contributed by atoms with Gasteiger partial charge < -0.3 is 9.52 Å². The summed E-state index contributed by atoms with van der Waals surface area (Å²) >= 11 is 0. The standard InChI is InChI=1S/C9H6O3/c10-7-3-1-6-2-4-9(11)12-8(6)5-7/h1-5,10H/i1+1,2+1,3+1,4+1,6+1,9+1. The van der Waals surface area contributed by atoms with Gasteiger partial charge in [-0.1, -0.05) is 0 Å². The van der Waals surface area contributed by atoms with Crippen LogP contribution >= 0.6 is 0 Å². The molecule has 60 valence electrons. The SMILES string of the molecule is O=[13c]1[13cH][13cH][13c]2[13cH][13cH]c(O)cc2o1. The largest absolute Gasteiger partial charge is 0.508 e. The van der Waals surface area contributed by atoms with Crippen LogP contribution in [-0.4, -0.2) is 5.11 Å². The van der Waals surface area contributed by atoms with Crippen LogP contribution in [0.1, 0.15) is 0 Å². The molecule has 0 fully saturated rings. The predicted octanol–water partition coefficient (Wildman–Crippen LogP) is 1.50. The van der Waals surface area contributed by atoms with Gasteiger partial charge in [0.2, 0.25) is 0 Å². The zero-order valence-electron chi connectivity index (χ0n) is 6.15. The topological polar surface area (TPSA) is 50.4 Å². The first-order valence-electron chi connectivity index (χ1n) is 3.48. The van der Waals surface area contributed by atoms with Gasteiger partial charge in [0, 0.05) is 17.5 Å². The summed E-state index contributed by atoms with van der Waals surface area (Å²) in [7, 11) is 0. The van der Waals surface area contributed by atoms with Crippen molar-refractivity contribution in [1.82, 2.24) is 0 Å². The van der Waals surface area contributed by atoms with Crippen LogP contribution in [0.5, 0.6) is 5.75 Å². The lowest BCUT2D eigenvalue weighted by Crippen LogP contribution is -1.93. The molecule has 12 heavy (non-hydrogen) atoms. The number of phenols is 1. The molecule has 3 heteroatoms. The first-order chi connectivity index (χ1) is 5.75. The molecule has 0 aliphatic heterocycles. The summed E-state index contributed by atoms with van der Waals surface area (Å²) in [6.45, 7) is 0. The highest BCUT2D eigenvalue weighted by Crippen LogP contribution is 2.17. The molecule has 0 spiro atoms. The Kier molecular flexibility index (Phi) is 1.37. The van der Waals surface area contributed by atoms with Crippen LogP contribution in [-0.2, 0) is 0 Å². The number of fused-ring (bicyclic) bond motifs is 1. The van der Waals surface area contributed by atoms with Gasteiger partial charge in [0.05, 0.1) is 0 Å². The van der Waals surface area contributed by atoms with Crippen molar-refractivity contribution < 1.29 is 9.52 Å². The number of phenolic OH excluding ortho intramolecular Hbond substituents is 1. The average molecular weight is 168 g/mol. The lowest BCUT2D eigenvalue weighted by Gasteiger charge is -1.94. The summed E-state index contributed by atoms with van der Waals surface area (Å²) < 4.78 is 4.83. The second-order valence-electron chi connectivity index (χ2n) is 2.48. The maximum Gasteiger partial charge on any atom is 0.336 e. The molecule has 0 atom stereocenters. The maximum absolute atomic E-state index is 10.7. The van der Waals surface area contributed by atoms with Crippen molar-refractivity contribution in [2.75, 3.05) is 0 Å². The second-order valence-corrected chi connectivity index (χ2v) is 2.48. The molecule has 1 aromatic carbocycles. The van der Waals surface area contributed by atoms with E-state index in [0.717, 1.165) is 5.39 Å². The van der Waals surface area contributed by atoms with Gasteiger partial charge in [-0.3, -0.25) is 0 Å². The number of rotatable bonds is 0. The van der Waals surface area contributed by atoms with Crippen LogP contribution in [0.15, 0.2) is 39.5 Å². The normalized spacial score (nSPS) is 10.3. The van der Waals surface area contributed by atoms with Crippen molar-refractivity contribution in [3.63, 3.8) is 0 Å². The smallest absolute Gasteiger partial charge is 0.336 e. The van der Waals surface area contributed by atoms with Crippen LogP contribution in [0.3, 0.4) is 0 Å². The highest BCUT2D eigenvalue weighted by Gasteiger charge is 1.96. The number of hydrogen-bond donors (Lipinski definition) is 1. The van der Waals surface area contributed by atoms with E-state index in [4.69, 9.17) is 9.52 Å². The van der Waals surface area contributed by atoms with Crippen molar-refractivity contribution in [2.45, 2.75) is 0 Å². The molecule has 0 amide bonds. The van der Waals surface area contributed by atoms with E-state index in [-0.39, 0.29) is 5.75 Å². The van der Waals surface area contributed by atoms with Crippen molar-refractivity contribution in [3.8, 4) is 5.75 Å². The minimum Gasteiger partial charge on any atom is -0.508 e. The molecule has 0 unspecified atom stereocenters. The number of benzene rings is 1. The van der Waals surface area contributed by atoms with E-state index in [1.165, 1.54) is 12.1 Å². The average Bonchev–Trinajstić information content (AvgIpc) is 2.03. The zero-order valence-corrected chi connectivity index (χ0v) is 6.15. The fraction of sp³-hybridized carbons (Fsp3) is 0. The van der Waals surface area contributed by atoms with E-state index in [9.17, 15) is 4.79 Å². The quantitative estimate of drug-likeness (QED) is 0.606. The highest BCUT2D eigenvalue weighted by atomic mass is 16.5. The Balaban J connectivity index is 2.89. The molecule has 3 nitrogen and oxygen atoms in total. The van der Waals surface area contributed by atoms with Gasteiger partial charge in [0.1, 0.15) is 11.3 Å². The first kappa shape index (κ1) is 6.91. The molecule has 0 saturated heterocycles. The van der Waals surface area contributed by atoms with Gasteiger partial charge in [-0.05, 0) is 18.2 Å². The van der Waals surface area contributed by atoms with E-state index in [1.54, 1.807) is 18.2 Å². The van der Waals surface area contributed by atoms with E-state index < -0.39 is 5.63 Å². The summed E-state index contributed by atoms with van der Waals surface area (Å²) in [5.74, 6) is 0.0943. The Morgan fingerprint density at radius 3 is 2.75 bits per heavy atom. The summed E-state index contributed by atoms with van der Waals surface area (Å²) in [5.41, 5.74) is -0.00407. The van der Waals surface area contributed by atoms with E-state index in [1.807, 2.05) is 0 Å². The summed E-state index contributed by atoms with van der Waals surface area (Å²) in [6, 6.07) is 7.65. The Labute approximate surface area is 67.9 Å². The second kappa shape index (κ2) is 2.37. The molecule has 2 aromatic rings. The minimum atomic E-state index is -0.409. The lowest BCUT2D eigenvalue weighted by atomic mass is 10.6. The Hall–Kier alpha value is -1.77. The van der Waals surface area contributed by atoms with Crippen LogP contribution < -0.4 is 5.63 Å². The Morgan fingerprint density at radius 1 is 1.17 bits per heavy atom. The van der Waals surface area contributed by atoms with Gasteiger partial charge in [-0.15, -0.1) is 0 Å². The van der Waals surface area contributed by atoms with Crippen molar-refractivity contribution in [3.05, 3.63) is 40.8 Å². The van der Waals surface area contributed by atoms with E-state index in [2.05, 4.69) is 0 Å². The molecular weight excluding hydrogens is 162 g/mol. The van der Waals surface area contributed by atoms with Crippen molar-refractivity contribution >= 4 is 11.0 Å².